The Morgan fingerprint density at radius 3 is 2.58 bits per heavy atom. The molecule has 1 unspecified atom stereocenters. The number of aromatic nitrogens is 1. The Labute approximate surface area is 112 Å². The number of nitrogens with one attached hydrogen (secondary N) is 1. The maximum atomic E-state index is 12.2. The summed E-state index contributed by atoms with van der Waals surface area (Å²) < 4.78 is 0. The summed E-state index contributed by atoms with van der Waals surface area (Å²) in [5, 5.41) is 3.17. The lowest BCUT2D eigenvalue weighted by molar-refractivity contribution is -0.132. The zero-order chi connectivity index (χ0) is 13.1. The van der Waals surface area contributed by atoms with Gasteiger partial charge in [-0.05, 0) is 12.1 Å². The minimum Gasteiger partial charge on any atom is -0.368 e. The van der Waals surface area contributed by atoms with Crippen LogP contribution in [0.25, 0.3) is 0 Å². The SMILES string of the molecule is O=C(C1C=CCN1)N1CCN(c2ccncc2)CC1. The molecule has 3 rings (SSSR count). The van der Waals surface area contributed by atoms with Gasteiger partial charge in [0.25, 0.3) is 0 Å². The summed E-state index contributed by atoms with van der Waals surface area (Å²) >= 11 is 0. The Hall–Kier alpha value is -1.88. The van der Waals surface area contributed by atoms with Crippen molar-refractivity contribution < 1.29 is 4.79 Å². The van der Waals surface area contributed by atoms with Gasteiger partial charge in [0.2, 0.25) is 5.91 Å². The van der Waals surface area contributed by atoms with Crippen LogP contribution in [-0.2, 0) is 4.79 Å². The number of carbonyl (C=O) groups excluding carboxylic acids is 1. The van der Waals surface area contributed by atoms with E-state index in [4.69, 9.17) is 0 Å². The molecule has 0 aromatic carbocycles. The smallest absolute Gasteiger partial charge is 0.243 e. The highest BCUT2D eigenvalue weighted by Gasteiger charge is 2.26. The van der Waals surface area contributed by atoms with Gasteiger partial charge in [-0.3, -0.25) is 15.1 Å². The zero-order valence-corrected chi connectivity index (χ0v) is 10.8. The molecule has 1 amide bonds. The molecule has 2 aliphatic heterocycles. The number of rotatable bonds is 2. The van der Waals surface area contributed by atoms with Crippen LogP contribution >= 0.6 is 0 Å². The monoisotopic (exact) mass is 258 g/mol. The van der Waals surface area contributed by atoms with Crippen molar-refractivity contribution in [2.75, 3.05) is 37.6 Å². The molecule has 0 bridgehead atoms. The number of hydrogen-bond donors (Lipinski definition) is 1. The van der Waals surface area contributed by atoms with Crippen molar-refractivity contribution >= 4 is 11.6 Å². The van der Waals surface area contributed by atoms with Gasteiger partial charge in [0.05, 0.1) is 0 Å². The van der Waals surface area contributed by atoms with E-state index in [1.54, 1.807) is 12.4 Å². The zero-order valence-electron chi connectivity index (χ0n) is 10.8. The summed E-state index contributed by atoms with van der Waals surface area (Å²) in [6.07, 6.45) is 7.58. The summed E-state index contributed by atoms with van der Waals surface area (Å²) in [4.78, 5) is 20.5. The Kier molecular flexibility index (Phi) is 3.46. The second-order valence-electron chi connectivity index (χ2n) is 4.83. The molecule has 3 heterocycles. The quantitative estimate of drug-likeness (QED) is 0.773. The van der Waals surface area contributed by atoms with Crippen LogP contribution < -0.4 is 10.2 Å². The van der Waals surface area contributed by atoms with Crippen LogP contribution in [0.2, 0.25) is 0 Å². The molecule has 0 aliphatic carbocycles. The molecule has 1 fully saturated rings. The number of hydrogen-bond acceptors (Lipinski definition) is 4. The van der Waals surface area contributed by atoms with Crippen molar-refractivity contribution in [1.82, 2.24) is 15.2 Å². The van der Waals surface area contributed by atoms with Crippen LogP contribution in [0.1, 0.15) is 0 Å². The average Bonchev–Trinajstić information content (AvgIpc) is 3.02. The molecule has 1 aromatic heterocycles. The van der Waals surface area contributed by atoms with Crippen molar-refractivity contribution in [2.45, 2.75) is 6.04 Å². The molecule has 5 heteroatoms. The van der Waals surface area contributed by atoms with Crippen LogP contribution in [0.4, 0.5) is 5.69 Å². The molecule has 1 aromatic rings. The molecular weight excluding hydrogens is 240 g/mol. The first-order valence-corrected chi connectivity index (χ1v) is 6.68. The predicted molar refractivity (Wildman–Crippen MR) is 74.0 cm³/mol. The van der Waals surface area contributed by atoms with Gasteiger partial charge in [0.1, 0.15) is 6.04 Å². The normalized spacial score (nSPS) is 22.8. The fraction of sp³-hybridized carbons (Fsp3) is 0.429. The summed E-state index contributed by atoms with van der Waals surface area (Å²) in [6, 6.07) is 3.91. The van der Waals surface area contributed by atoms with E-state index in [1.807, 2.05) is 29.2 Å². The molecule has 2 aliphatic rings. The third-order valence-corrected chi connectivity index (χ3v) is 3.67. The molecule has 0 spiro atoms. The Balaban J connectivity index is 1.57. The van der Waals surface area contributed by atoms with Crippen molar-refractivity contribution in [3.05, 3.63) is 36.7 Å². The Bertz CT molecular complexity index is 466. The van der Waals surface area contributed by atoms with Crippen molar-refractivity contribution in [3.8, 4) is 0 Å². The molecule has 5 nitrogen and oxygen atoms in total. The Morgan fingerprint density at radius 1 is 1.21 bits per heavy atom. The van der Waals surface area contributed by atoms with Crippen LogP contribution in [0.5, 0.6) is 0 Å². The van der Waals surface area contributed by atoms with E-state index >= 15 is 0 Å². The molecular formula is C14H18N4O. The summed E-state index contributed by atoms with van der Waals surface area (Å²) in [5.41, 5.74) is 1.18. The first-order valence-electron chi connectivity index (χ1n) is 6.68. The van der Waals surface area contributed by atoms with E-state index in [9.17, 15) is 4.79 Å². The number of pyridine rings is 1. The minimum absolute atomic E-state index is 0.118. The lowest BCUT2D eigenvalue weighted by Gasteiger charge is -2.37. The van der Waals surface area contributed by atoms with Gasteiger partial charge in [-0.1, -0.05) is 12.2 Å². The first kappa shape index (κ1) is 12.2. The number of nitrogens with zero attached hydrogens (tertiary/aromatic N) is 3. The second-order valence-corrected chi connectivity index (χ2v) is 4.83. The first-order chi connectivity index (χ1) is 9.34. The fourth-order valence-electron chi connectivity index (χ4n) is 2.57. The van der Waals surface area contributed by atoms with E-state index in [0.29, 0.717) is 0 Å². The van der Waals surface area contributed by atoms with E-state index in [-0.39, 0.29) is 11.9 Å². The maximum Gasteiger partial charge on any atom is 0.243 e. The number of carbonyl (C=O) groups is 1. The van der Waals surface area contributed by atoms with Crippen LogP contribution in [0.15, 0.2) is 36.7 Å². The lowest BCUT2D eigenvalue weighted by atomic mass is 10.2. The average molecular weight is 258 g/mol. The topological polar surface area (TPSA) is 48.5 Å². The highest BCUT2D eigenvalue weighted by Crippen LogP contribution is 2.15. The Morgan fingerprint density at radius 2 is 1.95 bits per heavy atom. The third kappa shape index (κ3) is 2.61. The molecule has 0 saturated carbocycles. The third-order valence-electron chi connectivity index (χ3n) is 3.67. The number of amides is 1. The molecule has 1 atom stereocenters. The molecule has 100 valence electrons. The van der Waals surface area contributed by atoms with Gasteiger partial charge in [-0.25, -0.2) is 0 Å². The van der Waals surface area contributed by atoms with Gasteiger partial charge in [0.15, 0.2) is 0 Å². The van der Waals surface area contributed by atoms with Gasteiger partial charge >= 0.3 is 0 Å². The lowest BCUT2D eigenvalue weighted by Crippen LogP contribution is -2.53. The highest BCUT2D eigenvalue weighted by molar-refractivity contribution is 5.84. The summed E-state index contributed by atoms with van der Waals surface area (Å²) in [5.74, 6) is 0.197. The van der Waals surface area contributed by atoms with Gasteiger partial charge < -0.3 is 9.80 Å². The number of anilines is 1. The molecule has 0 radical (unpaired) electrons. The second kappa shape index (κ2) is 5.40. The largest absolute Gasteiger partial charge is 0.368 e. The fourth-order valence-corrected chi connectivity index (χ4v) is 2.57. The maximum absolute atomic E-state index is 12.2. The predicted octanol–water partition coefficient (Wildman–Crippen LogP) is 0.258. The number of piperazine rings is 1. The molecule has 19 heavy (non-hydrogen) atoms. The van der Waals surface area contributed by atoms with Crippen LogP contribution in [0.3, 0.4) is 0 Å². The summed E-state index contributed by atoms with van der Waals surface area (Å²) in [7, 11) is 0. The van der Waals surface area contributed by atoms with E-state index in [0.717, 1.165) is 32.7 Å². The molecule has 1 N–H and O–H groups in total. The van der Waals surface area contributed by atoms with Crippen molar-refractivity contribution in [3.63, 3.8) is 0 Å². The highest BCUT2D eigenvalue weighted by atomic mass is 16.2. The van der Waals surface area contributed by atoms with Crippen molar-refractivity contribution in [2.24, 2.45) is 0 Å². The van der Waals surface area contributed by atoms with Gasteiger partial charge in [0, 0.05) is 50.8 Å². The minimum atomic E-state index is -0.118. The van der Waals surface area contributed by atoms with Crippen molar-refractivity contribution in [1.29, 1.82) is 0 Å². The van der Waals surface area contributed by atoms with E-state index < -0.39 is 0 Å². The van der Waals surface area contributed by atoms with E-state index in [2.05, 4.69) is 15.2 Å². The van der Waals surface area contributed by atoms with Gasteiger partial charge in [-0.15, -0.1) is 0 Å². The standard InChI is InChI=1S/C14H18N4O/c19-14(13-2-1-5-16-13)18-10-8-17(9-11-18)12-3-6-15-7-4-12/h1-4,6-7,13,16H,5,8-11H2. The summed E-state index contributed by atoms with van der Waals surface area (Å²) in [6.45, 7) is 4.13. The van der Waals surface area contributed by atoms with E-state index in [1.165, 1.54) is 5.69 Å². The van der Waals surface area contributed by atoms with Gasteiger partial charge in [-0.2, -0.15) is 0 Å². The van der Waals surface area contributed by atoms with Crippen LogP contribution in [0, 0.1) is 0 Å². The molecule has 1 saturated heterocycles. The van der Waals surface area contributed by atoms with Crippen LogP contribution in [-0.4, -0.2) is 54.6 Å².